The van der Waals surface area contributed by atoms with Crippen molar-refractivity contribution >= 4 is 5.84 Å². The van der Waals surface area contributed by atoms with Gasteiger partial charge in [0, 0.05) is 20.0 Å². The molecule has 0 spiro atoms. The van der Waals surface area contributed by atoms with Crippen LogP contribution >= 0.6 is 0 Å². The highest BCUT2D eigenvalue weighted by Crippen LogP contribution is 1.93. The van der Waals surface area contributed by atoms with Gasteiger partial charge in [0.15, 0.2) is 0 Å². The average Bonchev–Trinajstić information content (AvgIpc) is 2.05. The number of unbranched alkanes of at least 4 members (excludes halogenated alkanes) is 1. The smallest absolute Gasteiger partial charge is 0.207 e. The molecule has 12 heavy (non-hydrogen) atoms. The summed E-state index contributed by atoms with van der Waals surface area (Å²) in [6.07, 6.45) is 8.55. The van der Waals surface area contributed by atoms with E-state index in [1.54, 1.807) is 13.1 Å². The number of rotatable bonds is 3. The third-order valence-corrected chi connectivity index (χ3v) is 1.58. The van der Waals surface area contributed by atoms with Crippen molar-refractivity contribution in [3.8, 4) is 18.5 Å². The fourth-order valence-electron chi connectivity index (χ4n) is 0.738. The molecule has 0 aliphatic heterocycles. The van der Waals surface area contributed by atoms with E-state index in [9.17, 15) is 0 Å². The minimum atomic E-state index is 0.731. The topological polar surface area (TPSA) is 39.4 Å². The monoisotopic (exact) mass is 163 g/mol. The molecule has 0 bridgehead atoms. The number of terminal acetylenes is 1. The van der Waals surface area contributed by atoms with Crippen LogP contribution in [0, 0.1) is 23.8 Å². The molecule has 0 heterocycles. The summed E-state index contributed by atoms with van der Waals surface area (Å²) >= 11 is 0. The number of aliphatic imine (C=N–C) groups is 1. The second kappa shape index (κ2) is 6.24. The van der Waals surface area contributed by atoms with Gasteiger partial charge in [-0.05, 0) is 13.3 Å². The zero-order valence-corrected chi connectivity index (χ0v) is 7.54. The third kappa shape index (κ3) is 4.35. The molecule has 0 aromatic rings. The Labute approximate surface area is 73.7 Å². The van der Waals surface area contributed by atoms with Crippen LogP contribution in [-0.2, 0) is 0 Å². The molecule has 0 atom stereocenters. The standard InChI is InChI=1S/C9H13N3/c1-4-5-6-7-12(3)9(2)11-8-10/h1H,5-7H2,2-3H3. The normalized spacial score (nSPS) is 10.2. The lowest BCUT2D eigenvalue weighted by Crippen LogP contribution is -2.24. The summed E-state index contributed by atoms with van der Waals surface area (Å²) < 4.78 is 0. The Hall–Kier alpha value is -1.48. The van der Waals surface area contributed by atoms with E-state index in [-0.39, 0.29) is 0 Å². The van der Waals surface area contributed by atoms with Crippen LogP contribution in [0.15, 0.2) is 4.99 Å². The minimum absolute atomic E-state index is 0.731. The number of hydrogen-bond donors (Lipinski definition) is 0. The van der Waals surface area contributed by atoms with Crippen molar-refractivity contribution in [2.45, 2.75) is 19.8 Å². The Morgan fingerprint density at radius 3 is 2.83 bits per heavy atom. The summed E-state index contributed by atoms with van der Waals surface area (Å²) in [4.78, 5) is 5.52. The molecule has 0 amide bonds. The second-order valence-electron chi connectivity index (χ2n) is 2.49. The summed E-state index contributed by atoms with van der Waals surface area (Å²) in [7, 11) is 1.90. The largest absolute Gasteiger partial charge is 0.363 e. The van der Waals surface area contributed by atoms with E-state index in [0.29, 0.717) is 0 Å². The van der Waals surface area contributed by atoms with E-state index in [1.807, 2.05) is 11.9 Å². The summed E-state index contributed by atoms with van der Waals surface area (Å²) in [5, 5.41) is 8.26. The highest BCUT2D eigenvalue weighted by Gasteiger charge is 1.98. The van der Waals surface area contributed by atoms with Gasteiger partial charge >= 0.3 is 0 Å². The van der Waals surface area contributed by atoms with Gasteiger partial charge in [0.25, 0.3) is 0 Å². The van der Waals surface area contributed by atoms with Gasteiger partial charge in [-0.15, -0.1) is 12.3 Å². The van der Waals surface area contributed by atoms with Crippen molar-refractivity contribution in [1.82, 2.24) is 4.90 Å². The Kier molecular flexibility index (Phi) is 5.47. The third-order valence-electron chi connectivity index (χ3n) is 1.58. The fraction of sp³-hybridized carbons (Fsp3) is 0.556. The van der Waals surface area contributed by atoms with Crippen LogP contribution in [0.3, 0.4) is 0 Å². The lowest BCUT2D eigenvalue weighted by atomic mass is 10.3. The van der Waals surface area contributed by atoms with Gasteiger partial charge in [0.2, 0.25) is 6.19 Å². The minimum Gasteiger partial charge on any atom is -0.363 e. The number of amidine groups is 1. The lowest BCUT2D eigenvalue weighted by Gasteiger charge is -2.16. The number of hydrogen-bond acceptors (Lipinski definition) is 2. The highest BCUT2D eigenvalue weighted by atomic mass is 15.1. The van der Waals surface area contributed by atoms with E-state index in [1.165, 1.54) is 0 Å². The van der Waals surface area contributed by atoms with Gasteiger partial charge in [-0.25, -0.2) is 0 Å². The predicted molar refractivity (Wildman–Crippen MR) is 49.4 cm³/mol. The van der Waals surface area contributed by atoms with Gasteiger partial charge in [0.1, 0.15) is 5.84 Å². The van der Waals surface area contributed by atoms with Gasteiger partial charge < -0.3 is 4.90 Å². The van der Waals surface area contributed by atoms with Gasteiger partial charge in [-0.1, -0.05) is 0 Å². The Morgan fingerprint density at radius 2 is 2.33 bits per heavy atom. The van der Waals surface area contributed by atoms with Crippen LogP contribution in [0.4, 0.5) is 0 Å². The van der Waals surface area contributed by atoms with E-state index in [2.05, 4.69) is 10.9 Å². The van der Waals surface area contributed by atoms with Gasteiger partial charge in [-0.2, -0.15) is 10.3 Å². The molecule has 0 unspecified atom stereocenters. The van der Waals surface area contributed by atoms with Gasteiger partial charge in [0.05, 0.1) is 0 Å². The number of nitrogens with zero attached hydrogens (tertiary/aromatic N) is 3. The molecule has 0 aromatic heterocycles. The summed E-state index contributed by atoms with van der Waals surface area (Å²) in [6.45, 7) is 2.65. The zero-order valence-electron chi connectivity index (χ0n) is 7.54. The van der Waals surface area contributed by atoms with Crippen molar-refractivity contribution in [3.63, 3.8) is 0 Å². The molecule has 0 aliphatic carbocycles. The van der Waals surface area contributed by atoms with Crippen molar-refractivity contribution in [2.75, 3.05) is 13.6 Å². The molecular weight excluding hydrogens is 150 g/mol. The van der Waals surface area contributed by atoms with E-state index in [4.69, 9.17) is 11.7 Å². The maximum Gasteiger partial charge on any atom is 0.207 e. The SMILES string of the molecule is C#CCCCN(C)C(C)=NC#N. The van der Waals surface area contributed by atoms with Crippen LogP contribution in [0.2, 0.25) is 0 Å². The van der Waals surface area contributed by atoms with Crippen molar-refractivity contribution in [2.24, 2.45) is 4.99 Å². The zero-order chi connectivity index (χ0) is 9.40. The van der Waals surface area contributed by atoms with Crippen LogP contribution in [0.1, 0.15) is 19.8 Å². The highest BCUT2D eigenvalue weighted by molar-refractivity contribution is 5.80. The van der Waals surface area contributed by atoms with E-state index in [0.717, 1.165) is 25.2 Å². The molecule has 0 aliphatic rings. The Morgan fingerprint density at radius 1 is 1.67 bits per heavy atom. The first kappa shape index (κ1) is 10.5. The summed E-state index contributed by atoms with van der Waals surface area (Å²) in [6, 6.07) is 0. The molecule has 64 valence electrons. The van der Waals surface area contributed by atoms with E-state index >= 15 is 0 Å². The first-order chi connectivity index (χ1) is 5.72. The molecule has 3 heteroatoms. The Bertz CT molecular complexity index is 229. The van der Waals surface area contributed by atoms with Crippen molar-refractivity contribution in [3.05, 3.63) is 0 Å². The summed E-state index contributed by atoms with van der Waals surface area (Å²) in [5.41, 5.74) is 0. The maximum atomic E-state index is 8.26. The molecule has 0 N–H and O–H groups in total. The molecule has 0 fully saturated rings. The number of nitriles is 1. The lowest BCUT2D eigenvalue weighted by molar-refractivity contribution is 0.490. The molecule has 3 nitrogen and oxygen atoms in total. The molecule has 0 aromatic carbocycles. The van der Waals surface area contributed by atoms with Gasteiger partial charge in [-0.3, -0.25) is 0 Å². The first-order valence-electron chi connectivity index (χ1n) is 3.80. The molecule has 0 saturated carbocycles. The fourth-order valence-corrected chi connectivity index (χ4v) is 0.738. The Balaban J connectivity index is 3.75. The average molecular weight is 163 g/mol. The van der Waals surface area contributed by atoms with Crippen molar-refractivity contribution in [1.29, 1.82) is 5.26 Å². The predicted octanol–water partition coefficient (Wildman–Crippen LogP) is 1.23. The molecule has 0 rings (SSSR count). The second-order valence-corrected chi connectivity index (χ2v) is 2.49. The molecule has 0 radical (unpaired) electrons. The van der Waals surface area contributed by atoms with Crippen LogP contribution in [0.5, 0.6) is 0 Å². The van der Waals surface area contributed by atoms with E-state index < -0.39 is 0 Å². The molecule has 0 saturated heterocycles. The molecular formula is C9H13N3. The van der Waals surface area contributed by atoms with Crippen LogP contribution in [0.25, 0.3) is 0 Å². The maximum absolute atomic E-state index is 8.26. The first-order valence-corrected chi connectivity index (χ1v) is 3.80. The van der Waals surface area contributed by atoms with Crippen LogP contribution in [-0.4, -0.2) is 24.3 Å². The van der Waals surface area contributed by atoms with Crippen molar-refractivity contribution < 1.29 is 0 Å². The summed E-state index contributed by atoms with van der Waals surface area (Å²) in [5.74, 6) is 3.29. The van der Waals surface area contributed by atoms with Crippen LogP contribution < -0.4 is 0 Å². The quantitative estimate of drug-likeness (QED) is 0.206.